The van der Waals surface area contributed by atoms with Crippen LogP contribution in [0.4, 0.5) is 4.79 Å². The highest BCUT2D eigenvalue weighted by atomic mass is 32.2. The van der Waals surface area contributed by atoms with Crippen LogP contribution in [0.5, 0.6) is 0 Å². The van der Waals surface area contributed by atoms with Gasteiger partial charge in [-0.05, 0) is 65.5 Å². The molecule has 1 aliphatic heterocycles. The number of aliphatic imine (C=N–C) groups is 1. The molecule has 1 rings (SSSR count). The van der Waals surface area contributed by atoms with Crippen LogP contribution in [0.1, 0.15) is 47.5 Å². The van der Waals surface area contributed by atoms with E-state index < -0.39 is 5.60 Å². The second-order valence-corrected chi connectivity index (χ2v) is 8.11. The van der Waals surface area contributed by atoms with Gasteiger partial charge in [-0.3, -0.25) is 10.0 Å². The number of rotatable bonds is 5. The van der Waals surface area contributed by atoms with Crippen molar-refractivity contribution in [1.82, 2.24) is 10.2 Å². The van der Waals surface area contributed by atoms with Crippen LogP contribution in [-0.4, -0.2) is 39.8 Å². The van der Waals surface area contributed by atoms with Crippen LogP contribution in [0.2, 0.25) is 0 Å². The average molecular weight is 355 g/mol. The zero-order chi connectivity index (χ0) is 18.5. The largest absolute Gasteiger partial charge is 0.444 e. The lowest BCUT2D eigenvalue weighted by atomic mass is 10.0. The van der Waals surface area contributed by atoms with E-state index >= 15 is 0 Å². The molecule has 6 nitrogen and oxygen atoms in total. The number of carbonyl (C=O) groups is 1. The summed E-state index contributed by atoms with van der Waals surface area (Å²) in [6.07, 6.45) is 3.11. The van der Waals surface area contributed by atoms with E-state index in [2.05, 4.69) is 37.3 Å². The first-order chi connectivity index (χ1) is 11.0. The smallest absolute Gasteiger partial charge is 0.411 e. The molecule has 1 amide bonds. The number of ether oxygens (including phenoxy) is 1. The van der Waals surface area contributed by atoms with Gasteiger partial charge in [-0.2, -0.15) is 0 Å². The number of hydrogen-bond donors (Lipinski definition) is 2. The summed E-state index contributed by atoms with van der Waals surface area (Å²) in [5.74, 6) is 0.497. The predicted octanol–water partition coefficient (Wildman–Crippen LogP) is 3.42. The Morgan fingerprint density at radius 1 is 1.54 bits per heavy atom. The van der Waals surface area contributed by atoms with Crippen molar-refractivity contribution in [2.75, 3.05) is 6.54 Å². The van der Waals surface area contributed by atoms with E-state index in [0.29, 0.717) is 17.4 Å². The molecule has 1 fully saturated rings. The number of nitrogens with two attached hydrogens (primary N) is 1. The maximum absolute atomic E-state index is 12.6. The van der Waals surface area contributed by atoms with Gasteiger partial charge in [-0.25, -0.2) is 9.79 Å². The molecule has 1 saturated heterocycles. The third kappa shape index (κ3) is 5.87. The van der Waals surface area contributed by atoms with Gasteiger partial charge < -0.3 is 10.1 Å². The van der Waals surface area contributed by atoms with Gasteiger partial charge in [0, 0.05) is 12.1 Å². The summed E-state index contributed by atoms with van der Waals surface area (Å²) in [5.41, 5.74) is -0.752. The van der Waals surface area contributed by atoms with Crippen molar-refractivity contribution in [3.63, 3.8) is 0 Å². The van der Waals surface area contributed by atoms with Crippen molar-refractivity contribution >= 4 is 23.1 Å². The highest BCUT2D eigenvalue weighted by Gasteiger charge is 2.44. The van der Waals surface area contributed by atoms with E-state index in [1.807, 2.05) is 25.7 Å². The van der Waals surface area contributed by atoms with Gasteiger partial charge in [0.2, 0.25) is 0 Å². The fourth-order valence-electron chi connectivity index (χ4n) is 2.69. The van der Waals surface area contributed by atoms with Gasteiger partial charge in [0.1, 0.15) is 16.5 Å². The minimum absolute atomic E-state index is 0.0273. The Balaban J connectivity index is 2.76. The van der Waals surface area contributed by atoms with Crippen LogP contribution < -0.4 is 10.5 Å². The maximum atomic E-state index is 12.6. The molecule has 1 unspecified atom stereocenters. The molecule has 1 heterocycles. The third-order valence-corrected chi connectivity index (χ3v) is 4.28. The van der Waals surface area contributed by atoms with Crippen LogP contribution in [0.15, 0.2) is 30.0 Å². The summed E-state index contributed by atoms with van der Waals surface area (Å²) >= 11 is 1.01. The molecule has 0 aliphatic carbocycles. The van der Waals surface area contributed by atoms with E-state index in [9.17, 15) is 4.79 Å². The predicted molar refractivity (Wildman–Crippen MR) is 102 cm³/mol. The molecule has 0 radical (unpaired) electrons. The molecule has 3 N–H and O–H groups in total. The van der Waals surface area contributed by atoms with Gasteiger partial charge in [0.15, 0.2) is 0 Å². The minimum atomic E-state index is -0.515. The Morgan fingerprint density at radius 3 is 2.67 bits per heavy atom. The Morgan fingerprint density at radius 2 is 2.17 bits per heavy atom. The zero-order valence-electron chi connectivity index (χ0n) is 15.4. The molecule has 0 spiro atoms. The number of likely N-dealkylation sites (tertiary alicyclic amines) is 1. The normalized spacial score (nSPS) is 20.7. The first-order valence-corrected chi connectivity index (χ1v) is 8.91. The molecule has 136 valence electrons. The lowest BCUT2D eigenvalue weighted by Gasteiger charge is -2.37. The van der Waals surface area contributed by atoms with E-state index in [4.69, 9.17) is 9.88 Å². The molecule has 1 atom stereocenters. The lowest BCUT2D eigenvalue weighted by Crippen LogP contribution is -2.51. The maximum Gasteiger partial charge on any atom is 0.411 e. The lowest BCUT2D eigenvalue weighted by molar-refractivity contribution is 0.00409. The summed E-state index contributed by atoms with van der Waals surface area (Å²) in [5, 5.41) is 9.23. The number of carbonyl (C=O) groups excluding carboxylic acids is 1. The first-order valence-electron chi connectivity index (χ1n) is 8.03. The second kappa shape index (κ2) is 8.07. The molecular weight excluding hydrogens is 324 g/mol. The van der Waals surface area contributed by atoms with Gasteiger partial charge in [-0.15, -0.1) is 0 Å². The van der Waals surface area contributed by atoms with Crippen molar-refractivity contribution in [2.24, 2.45) is 10.1 Å². The minimum Gasteiger partial charge on any atom is -0.444 e. The molecule has 0 saturated carbocycles. The van der Waals surface area contributed by atoms with E-state index in [0.717, 1.165) is 24.8 Å². The summed E-state index contributed by atoms with van der Waals surface area (Å²) in [7, 11) is 0. The highest BCUT2D eigenvalue weighted by molar-refractivity contribution is 8.12. The first kappa shape index (κ1) is 20.6. The fourth-order valence-corrected chi connectivity index (χ4v) is 2.95. The van der Waals surface area contributed by atoms with E-state index in [-0.39, 0.29) is 17.7 Å². The summed E-state index contributed by atoms with van der Waals surface area (Å²) < 4.78 is 5.57. The molecule has 0 aromatic heterocycles. The molecule has 0 aromatic rings. The number of amides is 1. The van der Waals surface area contributed by atoms with E-state index in [1.165, 1.54) is 0 Å². The summed E-state index contributed by atoms with van der Waals surface area (Å²) in [6, 6.07) is 0.0273. The van der Waals surface area contributed by atoms with Crippen LogP contribution >= 0.6 is 11.9 Å². The van der Waals surface area contributed by atoms with Gasteiger partial charge in [0.05, 0.1) is 6.04 Å². The monoisotopic (exact) mass is 354 g/mol. The number of nitrogens with one attached hydrogen (secondary N) is 1. The molecule has 24 heavy (non-hydrogen) atoms. The average Bonchev–Trinajstić information content (AvgIpc) is 2.75. The van der Waals surface area contributed by atoms with Crippen molar-refractivity contribution in [3.05, 3.63) is 25.1 Å². The quantitative estimate of drug-likeness (QED) is 0.449. The standard InChI is InChI=1S/C17H30N4O2S/c1-8-14(24-18)20-12(2)19-11-13-9-10-17(6,7)21(13)15(22)23-16(3,4)5/h8,13,19H,1-2,9-11,18H2,3-7H3/b20-14+. The van der Waals surface area contributed by atoms with Crippen LogP contribution in [0.25, 0.3) is 0 Å². The highest BCUT2D eigenvalue weighted by Crippen LogP contribution is 2.34. The van der Waals surface area contributed by atoms with Crippen LogP contribution in [0.3, 0.4) is 0 Å². The van der Waals surface area contributed by atoms with Gasteiger partial charge in [0.25, 0.3) is 0 Å². The number of nitrogens with zero attached hydrogens (tertiary/aromatic N) is 2. The third-order valence-electron chi connectivity index (χ3n) is 3.78. The van der Waals surface area contributed by atoms with Crippen molar-refractivity contribution < 1.29 is 9.53 Å². The Hall–Kier alpha value is -1.47. The van der Waals surface area contributed by atoms with Crippen molar-refractivity contribution in [2.45, 2.75) is 64.6 Å². The van der Waals surface area contributed by atoms with Crippen molar-refractivity contribution in [1.29, 1.82) is 0 Å². The molecule has 1 aliphatic rings. The fraction of sp³-hybridized carbons (Fsp3) is 0.647. The summed E-state index contributed by atoms with van der Waals surface area (Å²) in [4.78, 5) is 18.7. The second-order valence-electron chi connectivity index (χ2n) is 7.45. The zero-order valence-corrected chi connectivity index (χ0v) is 16.2. The molecule has 7 heteroatoms. The summed E-state index contributed by atoms with van der Waals surface area (Å²) in [6.45, 7) is 17.8. The van der Waals surface area contributed by atoms with Gasteiger partial charge >= 0.3 is 6.09 Å². The Bertz CT molecular complexity index is 523. The van der Waals surface area contributed by atoms with Crippen molar-refractivity contribution in [3.8, 4) is 0 Å². The van der Waals surface area contributed by atoms with Crippen LogP contribution in [-0.2, 0) is 4.74 Å². The number of hydrogen-bond acceptors (Lipinski definition) is 6. The van der Waals surface area contributed by atoms with Gasteiger partial charge in [-0.1, -0.05) is 13.2 Å². The molecule has 0 bridgehead atoms. The molecule has 0 aromatic carbocycles. The SMILES string of the molecule is C=C/C(=N\C(=C)NCC1CCC(C)(C)N1C(=O)OC(C)(C)C)SN. The molecular formula is C17H30N4O2S. The topological polar surface area (TPSA) is 80.0 Å². The Labute approximate surface area is 149 Å². The van der Waals surface area contributed by atoms with E-state index in [1.54, 1.807) is 6.08 Å². The van der Waals surface area contributed by atoms with Crippen LogP contribution in [0, 0.1) is 0 Å². The Kier molecular flexibility index (Phi) is 6.92.